The molecule has 3 aromatic rings. The van der Waals surface area contributed by atoms with Crippen LogP contribution in [0.2, 0.25) is 0 Å². The summed E-state index contributed by atoms with van der Waals surface area (Å²) in [6.07, 6.45) is 3.33. The Morgan fingerprint density at radius 2 is 1.70 bits per heavy atom. The molecule has 1 aliphatic rings. The van der Waals surface area contributed by atoms with Crippen LogP contribution in [0.15, 0.2) is 53.3 Å². The molecule has 6 heteroatoms. The van der Waals surface area contributed by atoms with Gasteiger partial charge in [0.25, 0.3) is 5.56 Å². The summed E-state index contributed by atoms with van der Waals surface area (Å²) in [7, 11) is 3.49. The molecule has 1 fully saturated rings. The number of piperidine rings is 1. The maximum absolute atomic E-state index is 13.5. The van der Waals surface area contributed by atoms with Crippen molar-refractivity contribution in [1.29, 1.82) is 5.26 Å². The van der Waals surface area contributed by atoms with E-state index in [1.807, 2.05) is 43.4 Å². The second-order valence-corrected chi connectivity index (χ2v) is 8.65. The van der Waals surface area contributed by atoms with Gasteiger partial charge in [0.1, 0.15) is 0 Å². The van der Waals surface area contributed by atoms with E-state index in [2.05, 4.69) is 17.9 Å². The van der Waals surface area contributed by atoms with Crippen molar-refractivity contribution in [2.45, 2.75) is 32.8 Å². The van der Waals surface area contributed by atoms with Crippen LogP contribution in [0.4, 0.5) is 5.82 Å². The normalized spacial score (nSPS) is 14.3. The second kappa shape index (κ2) is 10.0. The number of methoxy groups -OCH3 is 1. The third-order valence-electron chi connectivity index (χ3n) is 6.59. The van der Waals surface area contributed by atoms with Gasteiger partial charge in [-0.3, -0.25) is 4.79 Å². The van der Waals surface area contributed by atoms with Crippen molar-refractivity contribution < 1.29 is 4.74 Å². The van der Waals surface area contributed by atoms with Gasteiger partial charge in [0, 0.05) is 38.4 Å². The Bertz CT molecular complexity index is 1200. The lowest BCUT2D eigenvalue weighted by Crippen LogP contribution is -2.39. The predicted molar refractivity (Wildman–Crippen MR) is 131 cm³/mol. The first-order valence-corrected chi connectivity index (χ1v) is 11.5. The molecule has 0 saturated carbocycles. The number of benzene rings is 2. The molecule has 0 unspecified atom stereocenters. The van der Waals surface area contributed by atoms with E-state index in [1.165, 1.54) is 6.42 Å². The smallest absolute Gasteiger partial charge is 0.293 e. The van der Waals surface area contributed by atoms with Crippen molar-refractivity contribution in [2.75, 3.05) is 25.1 Å². The molecule has 33 heavy (non-hydrogen) atoms. The predicted octanol–water partition coefficient (Wildman–Crippen LogP) is 4.76. The number of aromatic nitrogens is 2. The maximum atomic E-state index is 13.5. The standard InChI is InChI=1S/C27H30N4O2/c1-4-19-13-15-31(16-14-19)26-27(32)30(2)25(23-11-7-21(8-12-23)18-33-3)24(29-26)22-9-5-20(17-28)6-10-22/h5-12,19H,4,13-16,18H2,1-3H3. The fourth-order valence-corrected chi connectivity index (χ4v) is 4.54. The van der Waals surface area contributed by atoms with Gasteiger partial charge in [-0.1, -0.05) is 49.7 Å². The van der Waals surface area contributed by atoms with Crippen LogP contribution in [0, 0.1) is 17.2 Å². The van der Waals surface area contributed by atoms with E-state index in [9.17, 15) is 10.1 Å². The highest BCUT2D eigenvalue weighted by atomic mass is 16.5. The zero-order valence-corrected chi connectivity index (χ0v) is 19.5. The number of nitrogens with zero attached hydrogens (tertiary/aromatic N) is 4. The van der Waals surface area contributed by atoms with Crippen molar-refractivity contribution in [2.24, 2.45) is 13.0 Å². The molecule has 6 nitrogen and oxygen atoms in total. The van der Waals surface area contributed by atoms with E-state index in [-0.39, 0.29) is 5.56 Å². The Labute approximate surface area is 195 Å². The summed E-state index contributed by atoms with van der Waals surface area (Å²) < 4.78 is 6.95. The van der Waals surface area contributed by atoms with Crippen molar-refractivity contribution in [1.82, 2.24) is 9.55 Å². The van der Waals surface area contributed by atoms with Gasteiger partial charge in [-0.25, -0.2) is 4.98 Å². The van der Waals surface area contributed by atoms with E-state index >= 15 is 0 Å². The van der Waals surface area contributed by atoms with Gasteiger partial charge in [-0.15, -0.1) is 0 Å². The highest BCUT2D eigenvalue weighted by Gasteiger charge is 2.24. The molecule has 0 spiro atoms. The Kier molecular flexibility index (Phi) is 6.90. The average Bonchev–Trinajstić information content (AvgIpc) is 2.86. The molecule has 170 valence electrons. The number of rotatable bonds is 6. The molecule has 0 atom stereocenters. The van der Waals surface area contributed by atoms with E-state index in [0.717, 1.165) is 54.0 Å². The third kappa shape index (κ3) is 4.69. The van der Waals surface area contributed by atoms with E-state index in [4.69, 9.17) is 9.72 Å². The summed E-state index contributed by atoms with van der Waals surface area (Å²) in [4.78, 5) is 20.5. The Morgan fingerprint density at radius 1 is 1.06 bits per heavy atom. The van der Waals surface area contributed by atoms with Crippen LogP contribution in [0.5, 0.6) is 0 Å². The Hall–Kier alpha value is -3.43. The zero-order valence-electron chi connectivity index (χ0n) is 19.5. The fraction of sp³-hybridized carbons (Fsp3) is 0.370. The van der Waals surface area contributed by atoms with Gasteiger partial charge in [0.05, 0.1) is 29.6 Å². The first-order chi connectivity index (χ1) is 16.0. The minimum absolute atomic E-state index is 0.0849. The lowest BCUT2D eigenvalue weighted by molar-refractivity contribution is 0.185. The largest absolute Gasteiger partial charge is 0.380 e. The van der Waals surface area contributed by atoms with Crippen LogP contribution in [0.1, 0.15) is 37.3 Å². The van der Waals surface area contributed by atoms with Gasteiger partial charge in [-0.2, -0.15) is 5.26 Å². The molecular formula is C27H30N4O2. The van der Waals surface area contributed by atoms with Crippen LogP contribution >= 0.6 is 0 Å². The van der Waals surface area contributed by atoms with E-state index < -0.39 is 0 Å². The molecule has 1 saturated heterocycles. The van der Waals surface area contributed by atoms with Crippen molar-refractivity contribution in [3.63, 3.8) is 0 Å². The molecule has 4 rings (SSSR count). The van der Waals surface area contributed by atoms with Crippen molar-refractivity contribution >= 4 is 5.82 Å². The molecule has 1 aliphatic heterocycles. The highest BCUT2D eigenvalue weighted by Crippen LogP contribution is 2.32. The number of anilines is 1. The van der Waals surface area contributed by atoms with E-state index in [1.54, 1.807) is 23.8 Å². The van der Waals surface area contributed by atoms with Crippen LogP contribution in [-0.2, 0) is 18.4 Å². The van der Waals surface area contributed by atoms with E-state index in [0.29, 0.717) is 23.9 Å². The fourth-order valence-electron chi connectivity index (χ4n) is 4.54. The third-order valence-corrected chi connectivity index (χ3v) is 6.59. The monoisotopic (exact) mass is 442 g/mol. The summed E-state index contributed by atoms with van der Waals surface area (Å²) in [6.45, 7) is 4.46. The number of hydrogen-bond acceptors (Lipinski definition) is 5. The minimum atomic E-state index is -0.0849. The number of ether oxygens (including phenoxy) is 1. The summed E-state index contributed by atoms with van der Waals surface area (Å²) in [5.74, 6) is 1.22. The number of hydrogen-bond donors (Lipinski definition) is 0. The van der Waals surface area contributed by atoms with Crippen LogP contribution < -0.4 is 10.5 Å². The average molecular weight is 443 g/mol. The molecular weight excluding hydrogens is 412 g/mol. The molecule has 2 aromatic carbocycles. The summed E-state index contributed by atoms with van der Waals surface area (Å²) in [5.41, 5.74) is 4.88. The maximum Gasteiger partial charge on any atom is 0.293 e. The quantitative estimate of drug-likeness (QED) is 0.550. The SMILES string of the molecule is CCC1CCN(c2nc(-c3ccc(C#N)cc3)c(-c3ccc(COC)cc3)n(C)c2=O)CC1. The van der Waals surface area contributed by atoms with Gasteiger partial charge in [-0.05, 0) is 36.5 Å². The Morgan fingerprint density at radius 3 is 2.27 bits per heavy atom. The van der Waals surface area contributed by atoms with Gasteiger partial charge in [0.15, 0.2) is 5.82 Å². The lowest BCUT2D eigenvalue weighted by atomic mass is 9.94. The summed E-state index contributed by atoms with van der Waals surface area (Å²) >= 11 is 0. The highest BCUT2D eigenvalue weighted by molar-refractivity contribution is 5.79. The first-order valence-electron chi connectivity index (χ1n) is 11.5. The van der Waals surface area contributed by atoms with Gasteiger partial charge >= 0.3 is 0 Å². The molecule has 0 amide bonds. The minimum Gasteiger partial charge on any atom is -0.380 e. The zero-order chi connectivity index (χ0) is 23.4. The molecule has 1 aromatic heterocycles. The molecule has 0 aliphatic carbocycles. The molecule has 0 bridgehead atoms. The van der Waals surface area contributed by atoms with Gasteiger partial charge < -0.3 is 14.2 Å². The summed E-state index contributed by atoms with van der Waals surface area (Å²) in [6, 6.07) is 17.6. The van der Waals surface area contributed by atoms with Crippen LogP contribution in [0.25, 0.3) is 22.5 Å². The number of nitriles is 1. The lowest BCUT2D eigenvalue weighted by Gasteiger charge is -2.32. The second-order valence-electron chi connectivity index (χ2n) is 8.65. The van der Waals surface area contributed by atoms with Crippen LogP contribution in [0.3, 0.4) is 0 Å². The van der Waals surface area contributed by atoms with Crippen LogP contribution in [-0.4, -0.2) is 29.8 Å². The van der Waals surface area contributed by atoms with Gasteiger partial charge in [0.2, 0.25) is 0 Å². The first kappa shape index (κ1) is 22.8. The Balaban J connectivity index is 1.85. The van der Waals surface area contributed by atoms with Crippen molar-refractivity contribution in [3.8, 4) is 28.6 Å². The summed E-state index contributed by atoms with van der Waals surface area (Å²) in [5, 5.41) is 9.21. The topological polar surface area (TPSA) is 71.2 Å². The molecule has 0 radical (unpaired) electrons. The van der Waals surface area contributed by atoms with Crippen molar-refractivity contribution in [3.05, 3.63) is 70.0 Å². The molecule has 2 heterocycles. The molecule has 0 N–H and O–H groups in total.